The van der Waals surface area contributed by atoms with Crippen LogP contribution in [0.2, 0.25) is 0 Å². The van der Waals surface area contributed by atoms with Gasteiger partial charge in [0.25, 0.3) is 0 Å². The topological polar surface area (TPSA) is 56.9 Å². The van der Waals surface area contributed by atoms with Gasteiger partial charge in [-0.05, 0) is 17.7 Å². The second-order valence-corrected chi connectivity index (χ2v) is 6.14. The molecule has 1 fully saturated rings. The molecule has 6 nitrogen and oxygen atoms in total. The van der Waals surface area contributed by atoms with Crippen molar-refractivity contribution in [1.82, 2.24) is 19.5 Å². The van der Waals surface area contributed by atoms with Crippen LogP contribution in [0.1, 0.15) is 11.7 Å². The highest BCUT2D eigenvalue weighted by molar-refractivity contribution is 5.46. The van der Waals surface area contributed by atoms with Crippen LogP contribution in [0.3, 0.4) is 0 Å². The summed E-state index contributed by atoms with van der Waals surface area (Å²) in [6.45, 7) is 4.34. The molecule has 1 atom stereocenters. The number of aliphatic hydroxyl groups is 1. The zero-order valence-electron chi connectivity index (χ0n) is 13.5. The predicted molar refractivity (Wildman–Crippen MR) is 93.0 cm³/mol. The maximum Gasteiger partial charge on any atom is 0.153 e. The Morgan fingerprint density at radius 1 is 1.00 bits per heavy atom. The van der Waals surface area contributed by atoms with Gasteiger partial charge in [0.1, 0.15) is 5.82 Å². The minimum atomic E-state index is -0.432. The molecule has 0 amide bonds. The van der Waals surface area contributed by atoms with Gasteiger partial charge >= 0.3 is 0 Å². The van der Waals surface area contributed by atoms with Crippen molar-refractivity contribution in [2.24, 2.45) is 0 Å². The predicted octanol–water partition coefficient (Wildman–Crippen LogP) is 1.58. The molecule has 0 spiro atoms. The third-order valence-corrected chi connectivity index (χ3v) is 4.55. The highest BCUT2D eigenvalue weighted by Crippen LogP contribution is 2.17. The Kier molecular flexibility index (Phi) is 4.15. The van der Waals surface area contributed by atoms with Crippen LogP contribution in [-0.2, 0) is 0 Å². The summed E-state index contributed by atoms with van der Waals surface area (Å²) in [5, 5.41) is 15.0. The SMILES string of the molecule is O[C@@H](CN1CCN(c2ccc3nccn3n2)CC1)c1ccccc1. The first kappa shape index (κ1) is 15.1. The van der Waals surface area contributed by atoms with Crippen LogP contribution in [0, 0.1) is 0 Å². The Morgan fingerprint density at radius 2 is 1.79 bits per heavy atom. The average molecular weight is 323 g/mol. The number of rotatable bonds is 4. The van der Waals surface area contributed by atoms with Gasteiger partial charge in [-0.25, -0.2) is 9.50 Å². The van der Waals surface area contributed by atoms with E-state index in [0.29, 0.717) is 6.54 Å². The summed E-state index contributed by atoms with van der Waals surface area (Å²) in [6.07, 6.45) is 3.19. The maximum absolute atomic E-state index is 10.4. The normalized spacial score (nSPS) is 17.3. The molecular weight excluding hydrogens is 302 g/mol. The van der Waals surface area contributed by atoms with Gasteiger partial charge < -0.3 is 10.0 Å². The van der Waals surface area contributed by atoms with Crippen LogP contribution >= 0.6 is 0 Å². The quantitative estimate of drug-likeness (QED) is 0.790. The zero-order valence-corrected chi connectivity index (χ0v) is 13.5. The van der Waals surface area contributed by atoms with Crippen molar-refractivity contribution in [1.29, 1.82) is 0 Å². The van der Waals surface area contributed by atoms with E-state index in [1.807, 2.05) is 48.7 Å². The number of benzene rings is 1. The largest absolute Gasteiger partial charge is 0.387 e. The molecule has 4 rings (SSSR count). The lowest BCUT2D eigenvalue weighted by Gasteiger charge is -2.36. The van der Waals surface area contributed by atoms with E-state index in [2.05, 4.69) is 19.9 Å². The summed E-state index contributed by atoms with van der Waals surface area (Å²) in [4.78, 5) is 8.82. The lowest BCUT2D eigenvalue weighted by atomic mass is 10.1. The van der Waals surface area contributed by atoms with Crippen LogP contribution in [-0.4, -0.2) is 57.3 Å². The zero-order chi connectivity index (χ0) is 16.4. The molecule has 1 N–H and O–H groups in total. The van der Waals surface area contributed by atoms with E-state index in [0.717, 1.165) is 43.2 Å². The van der Waals surface area contributed by atoms with Gasteiger partial charge in [0.15, 0.2) is 5.65 Å². The molecule has 3 heterocycles. The van der Waals surface area contributed by atoms with Crippen molar-refractivity contribution < 1.29 is 5.11 Å². The highest BCUT2D eigenvalue weighted by atomic mass is 16.3. The van der Waals surface area contributed by atoms with Crippen molar-refractivity contribution in [2.45, 2.75) is 6.10 Å². The number of β-amino-alcohol motifs (C(OH)–C–C–N with tert-alkyl or cyclic N) is 1. The summed E-state index contributed by atoms with van der Waals surface area (Å²) < 4.78 is 1.81. The lowest BCUT2D eigenvalue weighted by molar-refractivity contribution is 0.109. The summed E-state index contributed by atoms with van der Waals surface area (Å²) >= 11 is 0. The number of imidazole rings is 1. The number of hydrogen-bond donors (Lipinski definition) is 1. The second-order valence-electron chi connectivity index (χ2n) is 6.14. The van der Waals surface area contributed by atoms with Gasteiger partial charge in [0.05, 0.1) is 6.10 Å². The van der Waals surface area contributed by atoms with Gasteiger partial charge in [-0.15, -0.1) is 5.10 Å². The third-order valence-electron chi connectivity index (χ3n) is 4.55. The second kappa shape index (κ2) is 6.59. The van der Waals surface area contributed by atoms with E-state index < -0.39 is 6.10 Å². The summed E-state index contributed by atoms with van der Waals surface area (Å²) in [5.74, 6) is 0.976. The Balaban J connectivity index is 1.36. The molecular formula is C18H21N5O. The van der Waals surface area contributed by atoms with E-state index in [-0.39, 0.29) is 0 Å². The average Bonchev–Trinajstić information content (AvgIpc) is 3.11. The molecule has 0 radical (unpaired) electrons. The minimum Gasteiger partial charge on any atom is -0.387 e. The number of hydrogen-bond acceptors (Lipinski definition) is 5. The molecule has 3 aromatic rings. The number of aliphatic hydroxyl groups excluding tert-OH is 1. The van der Waals surface area contributed by atoms with Crippen molar-refractivity contribution >= 4 is 11.5 Å². The van der Waals surface area contributed by atoms with Gasteiger partial charge in [-0.2, -0.15) is 0 Å². The van der Waals surface area contributed by atoms with Crippen LogP contribution < -0.4 is 4.90 Å². The van der Waals surface area contributed by atoms with Crippen LogP contribution in [0.5, 0.6) is 0 Å². The minimum absolute atomic E-state index is 0.432. The van der Waals surface area contributed by atoms with Crippen LogP contribution in [0.25, 0.3) is 5.65 Å². The Labute approximate surface area is 141 Å². The summed E-state index contributed by atoms with van der Waals surface area (Å²) in [6, 6.07) is 13.9. The van der Waals surface area contributed by atoms with Crippen molar-refractivity contribution in [2.75, 3.05) is 37.6 Å². The molecule has 1 aromatic carbocycles. The molecule has 6 heteroatoms. The number of piperazine rings is 1. The molecule has 1 aliphatic rings. The monoisotopic (exact) mass is 323 g/mol. The maximum atomic E-state index is 10.4. The fourth-order valence-corrected chi connectivity index (χ4v) is 3.16. The van der Waals surface area contributed by atoms with Crippen molar-refractivity contribution in [3.05, 3.63) is 60.4 Å². The number of nitrogens with zero attached hydrogens (tertiary/aromatic N) is 5. The van der Waals surface area contributed by atoms with Crippen LogP contribution in [0.15, 0.2) is 54.9 Å². The highest BCUT2D eigenvalue weighted by Gasteiger charge is 2.21. The van der Waals surface area contributed by atoms with E-state index in [9.17, 15) is 5.11 Å². The van der Waals surface area contributed by atoms with Crippen molar-refractivity contribution in [3.63, 3.8) is 0 Å². The fraction of sp³-hybridized carbons (Fsp3) is 0.333. The number of aromatic nitrogens is 3. The first-order chi connectivity index (χ1) is 11.8. The molecule has 0 bridgehead atoms. The number of anilines is 1. The van der Waals surface area contributed by atoms with Gasteiger partial charge in [0.2, 0.25) is 0 Å². The Bertz CT molecular complexity index is 795. The number of fused-ring (bicyclic) bond motifs is 1. The lowest BCUT2D eigenvalue weighted by Crippen LogP contribution is -2.47. The third kappa shape index (κ3) is 3.11. The van der Waals surface area contributed by atoms with E-state index >= 15 is 0 Å². The molecule has 124 valence electrons. The van der Waals surface area contributed by atoms with Crippen molar-refractivity contribution in [3.8, 4) is 0 Å². The molecule has 0 saturated carbocycles. The smallest absolute Gasteiger partial charge is 0.153 e. The summed E-state index contributed by atoms with van der Waals surface area (Å²) in [7, 11) is 0. The first-order valence-corrected chi connectivity index (χ1v) is 8.30. The van der Waals surface area contributed by atoms with Crippen LogP contribution in [0.4, 0.5) is 5.82 Å². The van der Waals surface area contributed by atoms with E-state index in [4.69, 9.17) is 0 Å². The summed E-state index contributed by atoms with van der Waals surface area (Å²) in [5.41, 5.74) is 1.84. The van der Waals surface area contributed by atoms with Gasteiger partial charge in [-0.1, -0.05) is 30.3 Å². The molecule has 0 aliphatic carbocycles. The molecule has 1 aliphatic heterocycles. The molecule has 24 heavy (non-hydrogen) atoms. The van der Waals surface area contributed by atoms with E-state index in [1.54, 1.807) is 10.7 Å². The molecule has 2 aromatic heterocycles. The Hall–Kier alpha value is -2.44. The first-order valence-electron chi connectivity index (χ1n) is 8.30. The van der Waals surface area contributed by atoms with E-state index in [1.165, 1.54) is 0 Å². The van der Waals surface area contributed by atoms with Gasteiger partial charge in [0, 0.05) is 45.1 Å². The Morgan fingerprint density at radius 3 is 2.58 bits per heavy atom. The standard InChI is InChI=1S/C18H21N5O/c24-16(15-4-2-1-3-5-15)14-21-10-12-22(13-11-21)18-7-6-17-19-8-9-23(17)20-18/h1-9,16,24H,10-14H2/t16-/m0/s1. The molecule has 0 unspecified atom stereocenters. The fourth-order valence-electron chi connectivity index (χ4n) is 3.16. The molecule has 1 saturated heterocycles. The van der Waals surface area contributed by atoms with Gasteiger partial charge in [-0.3, -0.25) is 4.90 Å².